The number of rotatable bonds is 9. The Morgan fingerprint density at radius 1 is 0.863 bits per heavy atom. The highest BCUT2D eigenvalue weighted by molar-refractivity contribution is 5.92. The zero-order valence-electron chi connectivity index (χ0n) is 27.9. The number of fused-ring (bicyclic) bond motifs is 2. The lowest BCUT2D eigenvalue weighted by Gasteiger charge is -2.54. The Hall–Kier alpha value is -6.21. The van der Waals surface area contributed by atoms with Gasteiger partial charge < -0.3 is 25.3 Å². The van der Waals surface area contributed by atoms with Crippen LogP contribution < -0.4 is 5.32 Å². The molecule has 0 radical (unpaired) electrons. The van der Waals surface area contributed by atoms with E-state index in [0.29, 0.717) is 5.56 Å². The number of carboxylic acids is 1. The maximum atomic E-state index is 14.4. The van der Waals surface area contributed by atoms with Crippen molar-refractivity contribution in [2.45, 2.75) is 38.3 Å². The third kappa shape index (κ3) is 6.71. The number of aromatic carboxylic acids is 1. The van der Waals surface area contributed by atoms with Crippen molar-refractivity contribution in [3.05, 3.63) is 131 Å². The van der Waals surface area contributed by atoms with Crippen molar-refractivity contribution in [3.63, 3.8) is 0 Å². The van der Waals surface area contributed by atoms with Crippen molar-refractivity contribution in [1.82, 2.24) is 34.9 Å². The molecule has 2 aliphatic heterocycles. The Bertz CT molecular complexity index is 2100. The number of hydrogen-bond donors (Lipinski definition) is 3. The van der Waals surface area contributed by atoms with Crippen LogP contribution in [0.5, 0.6) is 5.75 Å². The first-order valence-electron chi connectivity index (χ1n) is 16.6. The molecule has 260 valence electrons. The van der Waals surface area contributed by atoms with Gasteiger partial charge in [-0.2, -0.15) is 5.10 Å². The number of nitrogens with one attached hydrogen (secondary N) is 1. The van der Waals surface area contributed by atoms with Crippen LogP contribution in [0.25, 0.3) is 10.9 Å². The molecule has 1 aromatic heterocycles. The Morgan fingerprint density at radius 2 is 1.59 bits per heavy atom. The van der Waals surface area contributed by atoms with Crippen LogP contribution in [0.4, 0.5) is 4.79 Å². The molecule has 13 nitrogen and oxygen atoms in total. The quantitative estimate of drug-likeness (QED) is 0.213. The summed E-state index contributed by atoms with van der Waals surface area (Å²) in [7, 11) is 1.69. The third-order valence-electron chi connectivity index (χ3n) is 9.51. The molecule has 5 aromatic rings. The van der Waals surface area contributed by atoms with Gasteiger partial charge in [0.2, 0.25) is 11.8 Å². The average Bonchev–Trinajstić information content (AvgIpc) is 3.54. The maximum Gasteiger partial charge on any atom is 0.336 e. The summed E-state index contributed by atoms with van der Waals surface area (Å²) in [4.78, 5) is 57.0. The van der Waals surface area contributed by atoms with E-state index in [1.807, 2.05) is 48.5 Å². The molecule has 2 fully saturated rings. The Kier molecular flexibility index (Phi) is 9.11. The zero-order chi connectivity index (χ0) is 35.6. The van der Waals surface area contributed by atoms with Crippen molar-refractivity contribution in [2.24, 2.45) is 0 Å². The molecule has 3 N–H and O–H groups in total. The number of carboxylic acid groups (broad SMARTS) is 1. The maximum absolute atomic E-state index is 14.4. The number of aromatic hydroxyl groups is 1. The van der Waals surface area contributed by atoms with Crippen LogP contribution in [-0.2, 0) is 35.6 Å². The van der Waals surface area contributed by atoms with Crippen LogP contribution in [-0.4, -0.2) is 96.0 Å². The van der Waals surface area contributed by atoms with Crippen LogP contribution in [0.2, 0.25) is 0 Å². The van der Waals surface area contributed by atoms with E-state index in [1.54, 1.807) is 76.4 Å². The van der Waals surface area contributed by atoms with E-state index >= 15 is 0 Å². The van der Waals surface area contributed by atoms with E-state index < -0.39 is 24.2 Å². The molecule has 4 aromatic carbocycles. The average molecular weight is 688 g/mol. The SMILES string of the molecule is CN1CC(=O)N2[C@@H](Cc3ccc(O)cc3)C(=O)N(Cc3cccc4c3cnn4Cc3ccccc3C(=O)O)C[C@@H]2N1C(=O)NCc1ccccc1. The van der Waals surface area contributed by atoms with E-state index in [9.17, 15) is 29.4 Å². The number of amides is 4. The predicted molar refractivity (Wildman–Crippen MR) is 187 cm³/mol. The number of phenolic OH excluding ortho intramolecular Hbond substituents is 1. The lowest BCUT2D eigenvalue weighted by Crippen LogP contribution is -2.76. The highest BCUT2D eigenvalue weighted by Crippen LogP contribution is 2.30. The minimum Gasteiger partial charge on any atom is -0.508 e. The smallest absolute Gasteiger partial charge is 0.336 e. The highest BCUT2D eigenvalue weighted by Gasteiger charge is 2.50. The number of phenols is 1. The van der Waals surface area contributed by atoms with Gasteiger partial charge >= 0.3 is 12.0 Å². The second-order valence-corrected chi connectivity index (χ2v) is 12.8. The number of hydrogen-bond acceptors (Lipinski definition) is 7. The van der Waals surface area contributed by atoms with E-state index in [2.05, 4.69) is 10.4 Å². The van der Waals surface area contributed by atoms with E-state index in [-0.39, 0.29) is 62.3 Å². The molecule has 0 saturated carbocycles. The highest BCUT2D eigenvalue weighted by atomic mass is 16.4. The second-order valence-electron chi connectivity index (χ2n) is 12.8. The molecule has 2 aliphatic rings. The molecular weight excluding hydrogens is 650 g/mol. The standard InChI is InChI=1S/C38H37N7O6/c1-41-24-35(47)44-33(18-25-14-16-29(46)17-15-25)36(48)42(23-34(44)45(41)38(51)39-19-26-8-3-2-4-9-26)21-27-11-7-13-32-31(27)20-40-43(32)22-28-10-5-6-12-30(28)37(49)50/h2-17,20,33-34,46H,18-19,21-24H2,1H3,(H,39,51)(H,49,50)/t33-,34-/m0/s1. The van der Waals surface area contributed by atoms with Gasteiger partial charge in [-0.3, -0.25) is 14.3 Å². The van der Waals surface area contributed by atoms with Gasteiger partial charge in [0, 0.05) is 31.9 Å². The van der Waals surface area contributed by atoms with Crippen molar-refractivity contribution in [3.8, 4) is 5.75 Å². The van der Waals surface area contributed by atoms with E-state index in [1.165, 1.54) is 9.91 Å². The molecule has 2 saturated heterocycles. The van der Waals surface area contributed by atoms with E-state index in [0.717, 1.165) is 27.6 Å². The van der Waals surface area contributed by atoms with Gasteiger partial charge in [0.25, 0.3) is 0 Å². The van der Waals surface area contributed by atoms with Crippen molar-refractivity contribution in [2.75, 3.05) is 20.1 Å². The lowest BCUT2D eigenvalue weighted by atomic mass is 9.98. The monoisotopic (exact) mass is 687 g/mol. The van der Waals surface area contributed by atoms with Gasteiger partial charge in [-0.15, -0.1) is 0 Å². The summed E-state index contributed by atoms with van der Waals surface area (Å²) in [5, 5.41) is 31.1. The molecule has 7 rings (SSSR count). The Balaban J connectivity index is 1.21. The number of nitrogens with zero attached hydrogens (tertiary/aromatic N) is 6. The minimum absolute atomic E-state index is 0.0657. The summed E-state index contributed by atoms with van der Waals surface area (Å²) in [6.07, 6.45) is 1.11. The minimum atomic E-state index is -1.02. The van der Waals surface area contributed by atoms with Crippen molar-refractivity contribution >= 4 is 34.7 Å². The van der Waals surface area contributed by atoms with Crippen LogP contribution in [0, 0.1) is 0 Å². The van der Waals surface area contributed by atoms with Gasteiger partial charge in [0.15, 0.2) is 0 Å². The number of carbonyl (C=O) groups excluding carboxylic acids is 3. The summed E-state index contributed by atoms with van der Waals surface area (Å²) in [5.41, 5.74) is 4.07. The number of benzene rings is 4. The van der Waals surface area contributed by atoms with Crippen LogP contribution in [0.3, 0.4) is 0 Å². The molecule has 0 bridgehead atoms. The lowest BCUT2D eigenvalue weighted by molar-refractivity contribution is -0.187. The first kappa shape index (κ1) is 33.3. The van der Waals surface area contributed by atoms with Gasteiger partial charge in [-0.1, -0.05) is 72.8 Å². The summed E-state index contributed by atoms with van der Waals surface area (Å²) in [6.45, 7) is 0.689. The van der Waals surface area contributed by atoms with Crippen molar-refractivity contribution < 1.29 is 29.4 Å². The first-order chi connectivity index (χ1) is 24.7. The number of piperazine rings is 1. The first-order valence-corrected chi connectivity index (χ1v) is 16.6. The Morgan fingerprint density at radius 3 is 2.35 bits per heavy atom. The van der Waals surface area contributed by atoms with Crippen LogP contribution in [0.1, 0.15) is 32.6 Å². The number of hydrazine groups is 1. The molecule has 13 heteroatoms. The molecule has 51 heavy (non-hydrogen) atoms. The number of likely N-dealkylation sites (N-methyl/N-ethyl adjacent to an activating group) is 1. The second kappa shape index (κ2) is 14.0. The summed E-state index contributed by atoms with van der Waals surface area (Å²) >= 11 is 0. The number of aromatic nitrogens is 2. The molecule has 0 spiro atoms. The zero-order valence-corrected chi connectivity index (χ0v) is 27.9. The van der Waals surface area contributed by atoms with Gasteiger partial charge in [-0.25, -0.2) is 19.6 Å². The molecule has 4 amide bonds. The third-order valence-corrected chi connectivity index (χ3v) is 9.51. The number of carbonyl (C=O) groups is 4. The predicted octanol–water partition coefficient (Wildman–Crippen LogP) is 3.67. The topological polar surface area (TPSA) is 152 Å². The van der Waals surface area contributed by atoms with Gasteiger partial charge in [-0.05, 0) is 46.5 Å². The molecule has 0 unspecified atom stereocenters. The fraction of sp³-hybridized carbons (Fsp3) is 0.237. The molecular formula is C38H37N7O6. The van der Waals surface area contributed by atoms with E-state index in [4.69, 9.17) is 0 Å². The van der Waals surface area contributed by atoms with Gasteiger partial charge in [0.05, 0.1) is 36.9 Å². The summed E-state index contributed by atoms with van der Waals surface area (Å²) < 4.78 is 1.74. The van der Waals surface area contributed by atoms with Crippen molar-refractivity contribution in [1.29, 1.82) is 0 Å². The van der Waals surface area contributed by atoms with Gasteiger partial charge in [0.1, 0.15) is 18.0 Å². The molecule has 0 aliphatic carbocycles. The Labute approximate surface area is 293 Å². The fourth-order valence-corrected chi connectivity index (χ4v) is 7.02. The largest absolute Gasteiger partial charge is 0.508 e. The summed E-state index contributed by atoms with van der Waals surface area (Å²) in [5.74, 6) is -1.46. The summed E-state index contributed by atoms with van der Waals surface area (Å²) in [6, 6.07) is 27.2. The normalized spacial score (nSPS) is 17.9. The fourth-order valence-electron chi connectivity index (χ4n) is 7.02. The molecule has 2 atom stereocenters. The van der Waals surface area contributed by atoms with Crippen LogP contribution in [0.15, 0.2) is 103 Å². The number of urea groups is 1. The molecule has 3 heterocycles. The van der Waals surface area contributed by atoms with Crippen LogP contribution >= 0.6 is 0 Å².